The second-order valence-corrected chi connectivity index (χ2v) is 9.62. The highest BCUT2D eigenvalue weighted by Gasteiger charge is 2.48. The van der Waals surface area contributed by atoms with Crippen molar-refractivity contribution in [1.29, 1.82) is 0 Å². The third-order valence-electron chi connectivity index (χ3n) is 6.75. The fraction of sp³-hybridized carbons (Fsp3) is 0.207. The minimum Gasteiger partial charge on any atom is -0.497 e. The van der Waals surface area contributed by atoms with Crippen LogP contribution in [0.1, 0.15) is 23.0 Å². The minimum absolute atomic E-state index is 0.157. The van der Waals surface area contributed by atoms with Crippen molar-refractivity contribution >= 4 is 29.1 Å². The highest BCUT2D eigenvalue weighted by atomic mass is 35.5. The lowest BCUT2D eigenvalue weighted by Crippen LogP contribution is -2.64. The number of carbonyl (C=O) groups is 2. The number of anilines is 1. The number of rotatable bonds is 7. The van der Waals surface area contributed by atoms with E-state index in [4.69, 9.17) is 26.2 Å². The van der Waals surface area contributed by atoms with E-state index in [0.717, 1.165) is 16.9 Å². The van der Waals surface area contributed by atoms with Crippen LogP contribution in [-0.2, 0) is 17.9 Å². The Kier molecular flexibility index (Phi) is 6.82. The molecule has 0 unspecified atom stereocenters. The lowest BCUT2D eigenvalue weighted by molar-refractivity contribution is -0.126. The number of hydrogen-bond acceptors (Lipinski definition) is 5. The van der Waals surface area contributed by atoms with Gasteiger partial charge in [0.25, 0.3) is 5.91 Å². The molecular formula is C29H27ClN4O4. The molecule has 0 saturated carbocycles. The maximum Gasteiger partial charge on any atom is 0.277 e. The molecule has 0 radical (unpaired) electrons. The number of para-hydroxylation sites is 1. The third kappa shape index (κ3) is 4.59. The van der Waals surface area contributed by atoms with Crippen molar-refractivity contribution in [2.24, 2.45) is 0 Å². The molecule has 5 rings (SSSR count). The fourth-order valence-electron chi connectivity index (χ4n) is 4.69. The van der Waals surface area contributed by atoms with E-state index in [0.29, 0.717) is 27.8 Å². The quantitative estimate of drug-likeness (QED) is 0.365. The van der Waals surface area contributed by atoms with Crippen LogP contribution < -0.4 is 19.7 Å². The summed E-state index contributed by atoms with van der Waals surface area (Å²) in [7, 11) is 3.19. The molecule has 1 N–H and O–H groups in total. The normalized spacial score (nSPS) is 16.6. The SMILES string of the molecule is COc1ccc(-c2cc3n(n2)C[C@@](C)(C(=O)NCc2ccccc2OC)N(c2ccc(Cl)cc2)C3=O)cc1. The largest absolute Gasteiger partial charge is 0.497 e. The van der Waals surface area contributed by atoms with Crippen molar-refractivity contribution in [3.05, 3.63) is 95.1 Å². The highest BCUT2D eigenvalue weighted by Crippen LogP contribution is 2.35. The monoisotopic (exact) mass is 530 g/mol. The maximum absolute atomic E-state index is 14.0. The van der Waals surface area contributed by atoms with Crippen molar-refractivity contribution in [2.75, 3.05) is 19.1 Å². The van der Waals surface area contributed by atoms with Gasteiger partial charge in [-0.3, -0.25) is 19.2 Å². The molecule has 0 bridgehead atoms. The zero-order valence-electron chi connectivity index (χ0n) is 21.3. The Hall–Kier alpha value is -4.30. The summed E-state index contributed by atoms with van der Waals surface area (Å²) >= 11 is 6.12. The van der Waals surface area contributed by atoms with Crippen molar-refractivity contribution < 1.29 is 19.1 Å². The number of aromatic nitrogens is 2. The van der Waals surface area contributed by atoms with Crippen molar-refractivity contribution in [3.63, 3.8) is 0 Å². The van der Waals surface area contributed by atoms with Crippen molar-refractivity contribution in [1.82, 2.24) is 15.1 Å². The van der Waals surface area contributed by atoms with Gasteiger partial charge in [-0.05, 0) is 67.6 Å². The molecular weight excluding hydrogens is 504 g/mol. The molecule has 0 aliphatic carbocycles. The Labute approximate surface area is 225 Å². The summed E-state index contributed by atoms with van der Waals surface area (Å²) in [6.45, 7) is 2.14. The number of halogens is 1. The van der Waals surface area contributed by atoms with Crippen molar-refractivity contribution in [3.8, 4) is 22.8 Å². The zero-order chi connectivity index (χ0) is 26.9. The van der Waals surface area contributed by atoms with Crippen LogP contribution in [0.2, 0.25) is 5.02 Å². The Morgan fingerprint density at radius 2 is 1.74 bits per heavy atom. The molecule has 1 aromatic heterocycles. The first-order valence-corrected chi connectivity index (χ1v) is 12.4. The summed E-state index contributed by atoms with van der Waals surface area (Å²) in [5.41, 5.74) is 1.97. The van der Waals surface area contributed by atoms with E-state index in [1.165, 1.54) is 4.90 Å². The molecule has 2 amide bonds. The smallest absolute Gasteiger partial charge is 0.277 e. The van der Waals surface area contributed by atoms with Gasteiger partial charge in [0.2, 0.25) is 5.91 Å². The highest BCUT2D eigenvalue weighted by molar-refractivity contribution is 6.30. The summed E-state index contributed by atoms with van der Waals surface area (Å²) < 4.78 is 12.3. The number of fused-ring (bicyclic) bond motifs is 1. The molecule has 3 aromatic carbocycles. The topological polar surface area (TPSA) is 85.7 Å². The molecule has 4 aromatic rings. The molecule has 1 aliphatic rings. The minimum atomic E-state index is -1.27. The third-order valence-corrected chi connectivity index (χ3v) is 7.00. The summed E-state index contributed by atoms with van der Waals surface area (Å²) in [6.07, 6.45) is 0. The molecule has 2 heterocycles. The molecule has 0 saturated heterocycles. The lowest BCUT2D eigenvalue weighted by Gasteiger charge is -2.43. The molecule has 8 nitrogen and oxygen atoms in total. The second kappa shape index (κ2) is 10.2. The number of ether oxygens (including phenoxy) is 2. The Morgan fingerprint density at radius 3 is 2.42 bits per heavy atom. The van der Waals surface area contributed by atoms with Gasteiger partial charge in [-0.15, -0.1) is 0 Å². The van der Waals surface area contributed by atoms with Crippen LogP contribution in [0.5, 0.6) is 11.5 Å². The standard InChI is InChI=1S/C29H27ClN4O4/c1-29(28(36)31-17-20-6-4-5-7-26(20)38-3)18-33-25(27(35)34(29)22-12-10-21(30)11-13-22)16-24(32-33)19-8-14-23(37-2)15-9-19/h4-16H,17-18H2,1-3H3,(H,31,36)/t29-/m0/s1. The molecule has 9 heteroatoms. The maximum atomic E-state index is 14.0. The predicted octanol–water partition coefficient (Wildman–Crippen LogP) is 4.96. The summed E-state index contributed by atoms with van der Waals surface area (Å²) in [6, 6.07) is 23.5. The number of hydrogen-bond donors (Lipinski definition) is 1. The van der Waals surface area contributed by atoms with Crippen LogP contribution in [-0.4, -0.2) is 41.4 Å². The average Bonchev–Trinajstić information content (AvgIpc) is 3.37. The number of nitrogens with zero attached hydrogens (tertiary/aromatic N) is 3. The van der Waals surface area contributed by atoms with Crippen LogP contribution in [0.25, 0.3) is 11.3 Å². The van der Waals surface area contributed by atoms with Crippen LogP contribution in [0, 0.1) is 0 Å². The molecule has 1 atom stereocenters. The average molecular weight is 531 g/mol. The molecule has 0 spiro atoms. The van der Waals surface area contributed by atoms with E-state index in [-0.39, 0.29) is 24.9 Å². The first kappa shape index (κ1) is 25.4. The molecule has 1 aliphatic heterocycles. The Balaban J connectivity index is 1.52. The van der Waals surface area contributed by atoms with Crippen LogP contribution in [0.15, 0.2) is 78.9 Å². The zero-order valence-corrected chi connectivity index (χ0v) is 22.0. The number of methoxy groups -OCH3 is 2. The second-order valence-electron chi connectivity index (χ2n) is 9.19. The van der Waals surface area contributed by atoms with E-state index in [1.807, 2.05) is 48.5 Å². The van der Waals surface area contributed by atoms with E-state index >= 15 is 0 Å². The fourth-order valence-corrected chi connectivity index (χ4v) is 4.82. The van der Waals surface area contributed by atoms with Crippen molar-refractivity contribution in [2.45, 2.75) is 25.6 Å². The predicted molar refractivity (Wildman–Crippen MR) is 146 cm³/mol. The van der Waals surface area contributed by atoms with Gasteiger partial charge in [0.1, 0.15) is 22.7 Å². The van der Waals surface area contributed by atoms with E-state index in [1.54, 1.807) is 56.2 Å². The van der Waals surface area contributed by atoms with E-state index < -0.39 is 5.54 Å². The summed E-state index contributed by atoms with van der Waals surface area (Å²) in [4.78, 5) is 29.3. The lowest BCUT2D eigenvalue weighted by atomic mass is 9.93. The van der Waals surface area contributed by atoms with Gasteiger partial charge >= 0.3 is 0 Å². The number of benzene rings is 3. The van der Waals surface area contributed by atoms with Gasteiger partial charge in [0.05, 0.1) is 26.5 Å². The molecule has 0 fully saturated rings. The van der Waals surface area contributed by atoms with Crippen LogP contribution in [0.4, 0.5) is 5.69 Å². The summed E-state index contributed by atoms with van der Waals surface area (Å²) in [5, 5.41) is 8.24. The Morgan fingerprint density at radius 1 is 1.03 bits per heavy atom. The number of amides is 2. The van der Waals surface area contributed by atoms with Gasteiger partial charge < -0.3 is 14.8 Å². The van der Waals surface area contributed by atoms with Crippen LogP contribution in [0.3, 0.4) is 0 Å². The Bertz CT molecular complexity index is 1480. The summed E-state index contributed by atoms with van der Waals surface area (Å²) in [5.74, 6) is 0.743. The first-order valence-electron chi connectivity index (χ1n) is 12.1. The van der Waals surface area contributed by atoms with E-state index in [9.17, 15) is 9.59 Å². The van der Waals surface area contributed by atoms with Crippen LogP contribution >= 0.6 is 11.6 Å². The van der Waals surface area contributed by atoms with Gasteiger partial charge in [-0.2, -0.15) is 5.10 Å². The van der Waals surface area contributed by atoms with Gasteiger partial charge in [0.15, 0.2) is 0 Å². The van der Waals surface area contributed by atoms with Gasteiger partial charge in [-0.1, -0.05) is 29.8 Å². The number of carbonyl (C=O) groups excluding carboxylic acids is 2. The van der Waals surface area contributed by atoms with Gasteiger partial charge in [0, 0.05) is 28.4 Å². The van der Waals surface area contributed by atoms with E-state index in [2.05, 4.69) is 5.32 Å². The first-order chi connectivity index (χ1) is 18.3. The molecule has 38 heavy (non-hydrogen) atoms. The molecule has 194 valence electrons. The number of nitrogens with one attached hydrogen (secondary N) is 1. The van der Waals surface area contributed by atoms with Gasteiger partial charge in [-0.25, -0.2) is 0 Å².